The lowest BCUT2D eigenvalue weighted by molar-refractivity contribution is -0.141. The van der Waals surface area contributed by atoms with E-state index in [1.807, 2.05) is 25.2 Å². The van der Waals surface area contributed by atoms with E-state index in [-0.39, 0.29) is 11.4 Å². The first-order valence-electron chi connectivity index (χ1n) is 9.32. The summed E-state index contributed by atoms with van der Waals surface area (Å²) in [4.78, 5) is 11.1. The number of hydrogen-bond acceptors (Lipinski definition) is 2. The third-order valence-corrected chi connectivity index (χ3v) is 4.71. The Labute approximate surface area is 154 Å². The molecule has 0 aromatic heterocycles. The van der Waals surface area contributed by atoms with Crippen molar-refractivity contribution in [3.63, 3.8) is 0 Å². The molecule has 1 aliphatic rings. The molecule has 0 bridgehead atoms. The SMILES string of the molecule is CCC(=O)OC\C=C(C)/C=C/C=C(C)\C=C\C1=C(C)CCCC1(C)C. The van der Waals surface area contributed by atoms with Crippen LogP contribution in [0.25, 0.3) is 0 Å². The fourth-order valence-corrected chi connectivity index (χ4v) is 3.07. The molecule has 0 saturated carbocycles. The molecule has 0 aromatic carbocycles. The second kappa shape index (κ2) is 10.2. The largest absolute Gasteiger partial charge is 0.461 e. The van der Waals surface area contributed by atoms with Gasteiger partial charge >= 0.3 is 5.97 Å². The Bertz CT molecular complexity index is 610. The lowest BCUT2D eigenvalue weighted by Gasteiger charge is -2.32. The first-order valence-corrected chi connectivity index (χ1v) is 9.32. The highest BCUT2D eigenvalue weighted by Gasteiger charge is 2.26. The van der Waals surface area contributed by atoms with Crippen LogP contribution in [0.1, 0.15) is 67.2 Å². The van der Waals surface area contributed by atoms with Gasteiger partial charge in [0.1, 0.15) is 6.61 Å². The van der Waals surface area contributed by atoms with Crippen LogP contribution in [-0.2, 0) is 9.53 Å². The molecule has 0 radical (unpaired) electrons. The fourth-order valence-electron chi connectivity index (χ4n) is 3.07. The summed E-state index contributed by atoms with van der Waals surface area (Å²) < 4.78 is 5.04. The number of hydrogen-bond donors (Lipinski definition) is 0. The Kier molecular flexibility index (Phi) is 8.68. The molecule has 0 spiro atoms. The molecule has 0 saturated heterocycles. The number of esters is 1. The molecule has 0 N–H and O–H groups in total. The minimum Gasteiger partial charge on any atom is -0.461 e. The van der Waals surface area contributed by atoms with Gasteiger partial charge in [0.05, 0.1) is 0 Å². The van der Waals surface area contributed by atoms with Gasteiger partial charge in [-0.1, -0.05) is 67.9 Å². The van der Waals surface area contributed by atoms with Crippen LogP contribution in [0.3, 0.4) is 0 Å². The fraction of sp³-hybridized carbons (Fsp3) is 0.522. The Hall–Kier alpha value is -1.83. The van der Waals surface area contributed by atoms with Crippen molar-refractivity contribution < 1.29 is 9.53 Å². The van der Waals surface area contributed by atoms with Crippen LogP contribution in [-0.4, -0.2) is 12.6 Å². The third-order valence-electron chi connectivity index (χ3n) is 4.71. The van der Waals surface area contributed by atoms with Crippen molar-refractivity contribution in [3.05, 3.63) is 58.7 Å². The van der Waals surface area contributed by atoms with Crippen LogP contribution >= 0.6 is 0 Å². The minimum absolute atomic E-state index is 0.163. The number of carbonyl (C=O) groups is 1. The maximum absolute atomic E-state index is 11.1. The van der Waals surface area contributed by atoms with Crippen LogP contribution in [0.4, 0.5) is 0 Å². The van der Waals surface area contributed by atoms with Crippen molar-refractivity contribution >= 4 is 5.97 Å². The van der Waals surface area contributed by atoms with Crippen LogP contribution in [0.2, 0.25) is 0 Å². The van der Waals surface area contributed by atoms with Gasteiger partial charge in [-0.25, -0.2) is 0 Å². The smallest absolute Gasteiger partial charge is 0.305 e. The van der Waals surface area contributed by atoms with Gasteiger partial charge in [-0.2, -0.15) is 0 Å². The molecule has 2 heteroatoms. The first kappa shape index (κ1) is 21.2. The van der Waals surface area contributed by atoms with E-state index in [0.717, 1.165) is 5.57 Å². The molecule has 138 valence electrons. The van der Waals surface area contributed by atoms with Crippen LogP contribution < -0.4 is 0 Å². The summed E-state index contributed by atoms with van der Waals surface area (Å²) in [7, 11) is 0. The molecule has 0 atom stereocenters. The summed E-state index contributed by atoms with van der Waals surface area (Å²) in [6.45, 7) is 13.2. The van der Waals surface area contributed by atoms with E-state index < -0.39 is 0 Å². The second-order valence-corrected chi connectivity index (χ2v) is 7.52. The Morgan fingerprint density at radius 2 is 1.92 bits per heavy atom. The van der Waals surface area contributed by atoms with Gasteiger partial charge in [0.15, 0.2) is 0 Å². The summed E-state index contributed by atoms with van der Waals surface area (Å²) in [5.41, 5.74) is 5.61. The average molecular weight is 343 g/mol. The monoisotopic (exact) mass is 342 g/mol. The van der Waals surface area contributed by atoms with E-state index in [4.69, 9.17) is 4.74 Å². The Morgan fingerprint density at radius 3 is 2.56 bits per heavy atom. The van der Waals surface area contributed by atoms with Gasteiger partial charge in [-0.05, 0) is 57.1 Å². The number of allylic oxidation sites excluding steroid dienone is 9. The normalized spacial score (nSPS) is 19.1. The minimum atomic E-state index is -0.163. The van der Waals surface area contributed by atoms with Gasteiger partial charge in [0.2, 0.25) is 0 Å². The van der Waals surface area contributed by atoms with Crippen molar-refractivity contribution in [2.75, 3.05) is 6.61 Å². The van der Waals surface area contributed by atoms with E-state index >= 15 is 0 Å². The molecule has 0 aliphatic heterocycles. The van der Waals surface area contributed by atoms with Crippen molar-refractivity contribution in [1.29, 1.82) is 0 Å². The second-order valence-electron chi connectivity index (χ2n) is 7.52. The summed E-state index contributed by atoms with van der Waals surface area (Å²) in [5, 5.41) is 0. The van der Waals surface area contributed by atoms with Crippen molar-refractivity contribution in [2.45, 2.75) is 67.2 Å². The van der Waals surface area contributed by atoms with E-state index in [1.165, 1.54) is 36.0 Å². The van der Waals surface area contributed by atoms with E-state index in [0.29, 0.717) is 13.0 Å². The van der Waals surface area contributed by atoms with Gasteiger partial charge in [0, 0.05) is 6.42 Å². The van der Waals surface area contributed by atoms with Crippen LogP contribution in [0, 0.1) is 5.41 Å². The molecule has 0 heterocycles. The topological polar surface area (TPSA) is 26.3 Å². The predicted molar refractivity (Wildman–Crippen MR) is 107 cm³/mol. The lowest BCUT2D eigenvalue weighted by atomic mass is 9.72. The predicted octanol–water partition coefficient (Wildman–Crippen LogP) is 6.47. The molecule has 0 unspecified atom stereocenters. The quantitative estimate of drug-likeness (QED) is 0.391. The van der Waals surface area contributed by atoms with Crippen molar-refractivity contribution in [3.8, 4) is 0 Å². The van der Waals surface area contributed by atoms with Gasteiger partial charge < -0.3 is 4.74 Å². The highest BCUT2D eigenvalue weighted by molar-refractivity contribution is 5.68. The Balaban J connectivity index is 2.63. The summed E-state index contributed by atoms with van der Waals surface area (Å²) in [6, 6.07) is 0. The van der Waals surface area contributed by atoms with Crippen LogP contribution in [0.5, 0.6) is 0 Å². The molecule has 0 amide bonds. The van der Waals surface area contributed by atoms with Crippen molar-refractivity contribution in [1.82, 2.24) is 0 Å². The molecule has 1 rings (SSSR count). The average Bonchev–Trinajstić information content (AvgIpc) is 2.53. The van der Waals surface area contributed by atoms with Gasteiger partial charge in [-0.15, -0.1) is 0 Å². The highest BCUT2D eigenvalue weighted by Crippen LogP contribution is 2.40. The molecule has 1 aliphatic carbocycles. The van der Waals surface area contributed by atoms with Crippen LogP contribution in [0.15, 0.2) is 58.7 Å². The summed E-state index contributed by atoms with van der Waals surface area (Å²) in [6.07, 6.45) is 16.8. The van der Waals surface area contributed by atoms with Gasteiger partial charge in [-0.3, -0.25) is 4.79 Å². The zero-order valence-corrected chi connectivity index (χ0v) is 16.8. The van der Waals surface area contributed by atoms with Crippen molar-refractivity contribution in [2.24, 2.45) is 5.41 Å². The lowest BCUT2D eigenvalue weighted by Crippen LogP contribution is -2.19. The number of rotatable bonds is 7. The first-order chi connectivity index (χ1) is 11.8. The molecule has 25 heavy (non-hydrogen) atoms. The highest BCUT2D eigenvalue weighted by atomic mass is 16.5. The zero-order chi connectivity index (χ0) is 18.9. The van der Waals surface area contributed by atoms with E-state index in [2.05, 4.69) is 45.9 Å². The van der Waals surface area contributed by atoms with E-state index in [9.17, 15) is 4.79 Å². The maximum atomic E-state index is 11.1. The summed E-state index contributed by atoms with van der Waals surface area (Å²) in [5.74, 6) is -0.163. The standard InChI is InChI=1S/C23H34O2/c1-7-22(24)25-17-15-19(3)11-8-10-18(2)13-14-21-20(4)12-9-16-23(21,5)6/h8,10-11,13-15H,7,9,12,16-17H2,1-6H3/b11-8+,14-13+,18-10-,19-15-. The zero-order valence-electron chi connectivity index (χ0n) is 16.8. The maximum Gasteiger partial charge on any atom is 0.305 e. The van der Waals surface area contributed by atoms with E-state index in [1.54, 1.807) is 6.92 Å². The molecule has 0 aromatic rings. The molecule has 2 nitrogen and oxygen atoms in total. The number of ether oxygens (including phenoxy) is 1. The molecular weight excluding hydrogens is 308 g/mol. The number of carbonyl (C=O) groups excluding carboxylic acids is 1. The third kappa shape index (κ3) is 7.72. The molecule has 0 fully saturated rings. The summed E-state index contributed by atoms with van der Waals surface area (Å²) >= 11 is 0. The van der Waals surface area contributed by atoms with Gasteiger partial charge in [0.25, 0.3) is 0 Å². The molecular formula is C23H34O2. The Morgan fingerprint density at radius 1 is 1.20 bits per heavy atom.